The number of rotatable bonds is 0. The lowest BCUT2D eigenvalue weighted by molar-refractivity contribution is 0.497. The lowest BCUT2D eigenvalue weighted by atomic mass is 10.2. The van der Waals surface area contributed by atoms with E-state index in [1.165, 1.54) is 20.9 Å². The van der Waals surface area contributed by atoms with Crippen LogP contribution in [-0.4, -0.2) is 0 Å². The second kappa shape index (κ2) is 2.26. The fourth-order valence-corrected chi connectivity index (χ4v) is 3.04. The normalized spacial score (nSPS) is 13.1. The summed E-state index contributed by atoms with van der Waals surface area (Å²) in [4.78, 5) is 2.86. The minimum atomic E-state index is 0.997. The molecule has 0 spiro atoms. The minimum Gasteiger partial charge on any atom is -0.465 e. The van der Waals surface area contributed by atoms with E-state index < -0.39 is 0 Å². The Bertz CT molecular complexity index is 432. The van der Waals surface area contributed by atoms with Crippen LogP contribution in [0, 0.1) is 13.8 Å². The van der Waals surface area contributed by atoms with E-state index >= 15 is 0 Å². The van der Waals surface area contributed by atoms with E-state index in [1.807, 2.05) is 18.3 Å². The average molecular weight is 190 g/mol. The number of fused-ring (bicyclic) bond motifs is 3. The van der Waals surface area contributed by atoms with E-state index in [1.54, 1.807) is 0 Å². The molecule has 1 aliphatic carbocycles. The molecule has 0 saturated heterocycles. The summed E-state index contributed by atoms with van der Waals surface area (Å²) in [6.07, 6.45) is 0.997. The van der Waals surface area contributed by atoms with Crippen LogP contribution in [0.25, 0.3) is 11.1 Å². The SMILES string of the molecule is Cc1cc2c(o1)Cc1sc(C)cc1-2. The first-order valence-corrected chi connectivity index (χ1v) is 5.24. The zero-order valence-electron chi connectivity index (χ0n) is 7.68. The fourth-order valence-electron chi connectivity index (χ4n) is 1.99. The summed E-state index contributed by atoms with van der Waals surface area (Å²) in [5.41, 5.74) is 2.71. The van der Waals surface area contributed by atoms with Gasteiger partial charge in [-0.05, 0) is 31.5 Å². The van der Waals surface area contributed by atoms with Gasteiger partial charge >= 0.3 is 0 Å². The van der Waals surface area contributed by atoms with Crippen molar-refractivity contribution in [2.75, 3.05) is 0 Å². The molecule has 13 heavy (non-hydrogen) atoms. The van der Waals surface area contributed by atoms with Crippen molar-refractivity contribution in [2.45, 2.75) is 20.3 Å². The van der Waals surface area contributed by atoms with E-state index in [0.717, 1.165) is 17.9 Å². The molecule has 0 unspecified atom stereocenters. The predicted molar refractivity (Wildman–Crippen MR) is 54.3 cm³/mol. The molecule has 0 amide bonds. The van der Waals surface area contributed by atoms with Gasteiger partial charge in [-0.1, -0.05) is 0 Å². The topological polar surface area (TPSA) is 13.1 Å². The molecule has 0 aliphatic heterocycles. The second-order valence-corrected chi connectivity index (χ2v) is 4.91. The van der Waals surface area contributed by atoms with Gasteiger partial charge in [-0.15, -0.1) is 11.3 Å². The van der Waals surface area contributed by atoms with Gasteiger partial charge in [0.15, 0.2) is 0 Å². The molecule has 2 heterocycles. The number of hydrogen-bond acceptors (Lipinski definition) is 2. The van der Waals surface area contributed by atoms with E-state index in [-0.39, 0.29) is 0 Å². The fraction of sp³-hybridized carbons (Fsp3) is 0.273. The van der Waals surface area contributed by atoms with Crippen LogP contribution in [0.15, 0.2) is 16.5 Å². The maximum Gasteiger partial charge on any atom is 0.117 e. The van der Waals surface area contributed by atoms with E-state index in [2.05, 4.69) is 19.1 Å². The molecule has 1 aliphatic rings. The van der Waals surface area contributed by atoms with Gasteiger partial charge in [0.25, 0.3) is 0 Å². The van der Waals surface area contributed by atoms with Gasteiger partial charge < -0.3 is 4.42 Å². The molecule has 0 bridgehead atoms. The molecule has 0 aromatic carbocycles. The van der Waals surface area contributed by atoms with Crippen molar-refractivity contribution >= 4 is 11.3 Å². The standard InChI is InChI=1S/C11H10OS/c1-6-3-8-9-4-7(2)13-11(9)5-10(8)12-6/h3-4H,5H2,1-2H3. The molecule has 66 valence electrons. The van der Waals surface area contributed by atoms with Crippen molar-refractivity contribution in [3.63, 3.8) is 0 Å². The van der Waals surface area contributed by atoms with Crippen molar-refractivity contribution in [2.24, 2.45) is 0 Å². The second-order valence-electron chi connectivity index (χ2n) is 3.56. The smallest absolute Gasteiger partial charge is 0.117 e. The summed E-state index contributed by atoms with van der Waals surface area (Å²) in [7, 11) is 0. The van der Waals surface area contributed by atoms with Crippen LogP contribution in [0.1, 0.15) is 21.3 Å². The highest BCUT2D eigenvalue weighted by Crippen LogP contribution is 2.42. The van der Waals surface area contributed by atoms with Crippen LogP contribution < -0.4 is 0 Å². The summed E-state index contributed by atoms with van der Waals surface area (Å²) >= 11 is 1.88. The van der Waals surface area contributed by atoms with Gasteiger partial charge in [-0.3, -0.25) is 0 Å². The number of aryl methyl sites for hydroxylation is 2. The third kappa shape index (κ3) is 0.923. The summed E-state index contributed by atoms with van der Waals surface area (Å²) < 4.78 is 5.61. The third-order valence-electron chi connectivity index (χ3n) is 2.48. The van der Waals surface area contributed by atoms with Crippen molar-refractivity contribution in [1.82, 2.24) is 0 Å². The first kappa shape index (κ1) is 7.39. The molecule has 3 rings (SSSR count). The van der Waals surface area contributed by atoms with Gasteiger partial charge in [0.05, 0.1) is 0 Å². The van der Waals surface area contributed by atoms with Crippen LogP contribution in [0.3, 0.4) is 0 Å². The maximum absolute atomic E-state index is 5.61. The van der Waals surface area contributed by atoms with Gasteiger partial charge in [-0.25, -0.2) is 0 Å². The van der Waals surface area contributed by atoms with Gasteiger partial charge in [0.2, 0.25) is 0 Å². The van der Waals surface area contributed by atoms with Crippen LogP contribution in [0.2, 0.25) is 0 Å². The first-order valence-electron chi connectivity index (χ1n) is 4.43. The van der Waals surface area contributed by atoms with Crippen molar-refractivity contribution < 1.29 is 4.42 Å². The summed E-state index contributed by atoms with van der Waals surface area (Å²) in [5.74, 6) is 2.18. The Balaban J connectivity index is 2.28. The Morgan fingerprint density at radius 2 is 2.08 bits per heavy atom. The Kier molecular flexibility index (Phi) is 1.29. The van der Waals surface area contributed by atoms with Crippen molar-refractivity contribution in [1.29, 1.82) is 0 Å². The summed E-state index contributed by atoms with van der Waals surface area (Å²) in [6, 6.07) is 4.41. The largest absolute Gasteiger partial charge is 0.465 e. The molecule has 0 saturated carbocycles. The van der Waals surface area contributed by atoms with Crippen LogP contribution in [0.4, 0.5) is 0 Å². The van der Waals surface area contributed by atoms with Crippen molar-refractivity contribution in [3.8, 4) is 11.1 Å². The number of furan rings is 1. The highest BCUT2D eigenvalue weighted by atomic mass is 32.1. The molecule has 0 atom stereocenters. The van der Waals surface area contributed by atoms with Gasteiger partial charge in [0.1, 0.15) is 11.5 Å². The maximum atomic E-state index is 5.61. The zero-order chi connectivity index (χ0) is 9.00. The summed E-state index contributed by atoms with van der Waals surface area (Å²) in [5, 5.41) is 0. The highest BCUT2D eigenvalue weighted by molar-refractivity contribution is 7.12. The van der Waals surface area contributed by atoms with E-state index in [0.29, 0.717) is 0 Å². The minimum absolute atomic E-state index is 0.997. The Morgan fingerprint density at radius 1 is 1.23 bits per heavy atom. The zero-order valence-corrected chi connectivity index (χ0v) is 8.49. The molecule has 0 fully saturated rings. The van der Waals surface area contributed by atoms with Crippen molar-refractivity contribution in [3.05, 3.63) is 33.4 Å². The monoisotopic (exact) mass is 190 g/mol. The molecular formula is C11H10OS. The van der Waals surface area contributed by atoms with E-state index in [9.17, 15) is 0 Å². The molecule has 0 radical (unpaired) electrons. The Labute approximate surface area is 81.0 Å². The molecule has 0 N–H and O–H groups in total. The van der Waals surface area contributed by atoms with Crippen LogP contribution in [-0.2, 0) is 6.42 Å². The molecule has 2 heteroatoms. The lowest BCUT2D eigenvalue weighted by Crippen LogP contribution is -1.72. The number of thiophene rings is 1. The molecular weight excluding hydrogens is 180 g/mol. The van der Waals surface area contributed by atoms with E-state index in [4.69, 9.17) is 4.42 Å². The molecule has 2 aromatic rings. The molecule has 1 nitrogen and oxygen atoms in total. The van der Waals surface area contributed by atoms with Gasteiger partial charge in [-0.2, -0.15) is 0 Å². The lowest BCUT2D eigenvalue weighted by Gasteiger charge is -1.87. The summed E-state index contributed by atoms with van der Waals surface area (Å²) in [6.45, 7) is 4.17. The predicted octanol–water partition coefficient (Wildman–Crippen LogP) is 3.53. The van der Waals surface area contributed by atoms with Crippen LogP contribution in [0.5, 0.6) is 0 Å². The number of hydrogen-bond donors (Lipinski definition) is 0. The average Bonchev–Trinajstić information content (AvgIpc) is 2.60. The third-order valence-corrected chi connectivity index (χ3v) is 3.53. The Morgan fingerprint density at radius 3 is 2.92 bits per heavy atom. The molecule has 2 aromatic heterocycles. The Hall–Kier alpha value is -1.02. The van der Waals surface area contributed by atoms with Crippen LogP contribution >= 0.6 is 11.3 Å². The first-order chi connectivity index (χ1) is 6.24. The highest BCUT2D eigenvalue weighted by Gasteiger charge is 2.24. The van der Waals surface area contributed by atoms with Gasteiger partial charge in [0, 0.05) is 21.7 Å². The quantitative estimate of drug-likeness (QED) is 0.528.